The van der Waals surface area contributed by atoms with Gasteiger partial charge in [-0.3, -0.25) is 0 Å². The van der Waals surface area contributed by atoms with Gasteiger partial charge in [0.2, 0.25) is 0 Å². The topological polar surface area (TPSA) is 63.5 Å². The van der Waals surface area contributed by atoms with Crippen LogP contribution in [0, 0.1) is 0 Å². The maximum atomic E-state index is 10.2. The summed E-state index contributed by atoms with van der Waals surface area (Å²) in [5.41, 5.74) is 13.0. The monoisotopic (exact) mass is 694 g/mol. The van der Waals surface area contributed by atoms with Gasteiger partial charge in [-0.05, 0) is 113 Å². The second kappa shape index (κ2) is 11.8. The zero-order chi connectivity index (χ0) is 35.9. The molecule has 0 saturated carbocycles. The van der Waals surface area contributed by atoms with Crippen LogP contribution in [0.4, 0.5) is 0 Å². The Balaban J connectivity index is 1.11. The Labute approximate surface area is 310 Å². The average molecular weight is 695 g/mol. The molecule has 0 atom stereocenters. The summed E-state index contributed by atoms with van der Waals surface area (Å²) in [6, 6.07) is 61.6. The van der Waals surface area contributed by atoms with Crippen LogP contribution >= 0.6 is 0 Å². The SMILES string of the molecule is OB(O)c1cccc2oc3ccc(-c4ccc5c(c4)c4cc(-c6ccc7c(c6)c6ccccc6n7-c6ccccc6)ccc4n5-c4ccccc4)cc3c12. The molecule has 0 aliphatic carbocycles. The van der Waals surface area contributed by atoms with Gasteiger partial charge < -0.3 is 23.6 Å². The van der Waals surface area contributed by atoms with Crippen molar-refractivity contribution in [3.05, 3.63) is 176 Å². The van der Waals surface area contributed by atoms with E-state index in [4.69, 9.17) is 4.42 Å². The Kier molecular flexibility index (Phi) is 6.74. The number of benzene rings is 8. The van der Waals surface area contributed by atoms with Crippen LogP contribution < -0.4 is 5.46 Å². The highest BCUT2D eigenvalue weighted by Crippen LogP contribution is 2.40. The molecule has 6 heteroatoms. The van der Waals surface area contributed by atoms with Crippen LogP contribution in [0.2, 0.25) is 0 Å². The first-order valence-electron chi connectivity index (χ1n) is 18.1. The molecule has 0 amide bonds. The second-order valence-electron chi connectivity index (χ2n) is 14.0. The minimum absolute atomic E-state index is 0.431. The Hall–Kier alpha value is -6.86. The molecule has 0 unspecified atom stereocenters. The Morgan fingerprint density at radius 2 is 0.833 bits per heavy atom. The zero-order valence-electron chi connectivity index (χ0n) is 29.0. The van der Waals surface area contributed by atoms with E-state index < -0.39 is 7.12 Å². The van der Waals surface area contributed by atoms with Gasteiger partial charge in [0.25, 0.3) is 0 Å². The van der Waals surface area contributed by atoms with E-state index in [0.717, 1.165) is 60.8 Å². The minimum atomic E-state index is -1.60. The maximum absolute atomic E-state index is 10.2. The first-order valence-corrected chi connectivity index (χ1v) is 18.1. The summed E-state index contributed by atoms with van der Waals surface area (Å²) in [7, 11) is -1.60. The van der Waals surface area contributed by atoms with E-state index >= 15 is 0 Å². The number of rotatable bonds is 5. The van der Waals surface area contributed by atoms with Crippen LogP contribution in [0.15, 0.2) is 180 Å². The van der Waals surface area contributed by atoms with Crippen LogP contribution in [-0.2, 0) is 0 Å². The zero-order valence-corrected chi connectivity index (χ0v) is 29.0. The molecule has 0 radical (unpaired) electrons. The van der Waals surface area contributed by atoms with E-state index in [-0.39, 0.29) is 0 Å². The van der Waals surface area contributed by atoms with Crippen LogP contribution in [0.3, 0.4) is 0 Å². The van der Waals surface area contributed by atoms with Crippen molar-refractivity contribution in [2.75, 3.05) is 0 Å². The summed E-state index contributed by atoms with van der Waals surface area (Å²) in [4.78, 5) is 0. The molecule has 54 heavy (non-hydrogen) atoms. The summed E-state index contributed by atoms with van der Waals surface area (Å²) in [5, 5.41) is 26.7. The van der Waals surface area contributed by atoms with Crippen molar-refractivity contribution in [3.63, 3.8) is 0 Å². The summed E-state index contributed by atoms with van der Waals surface area (Å²) in [5.74, 6) is 0. The van der Waals surface area contributed by atoms with Crippen LogP contribution in [-0.4, -0.2) is 26.3 Å². The van der Waals surface area contributed by atoms with Gasteiger partial charge in [0, 0.05) is 43.7 Å². The number of aromatic nitrogens is 2. The molecule has 0 aliphatic heterocycles. The largest absolute Gasteiger partial charge is 0.489 e. The van der Waals surface area contributed by atoms with E-state index in [1.54, 1.807) is 12.1 Å². The fourth-order valence-corrected chi connectivity index (χ4v) is 8.49. The number of furan rings is 1. The molecule has 3 heterocycles. The number of hydrogen-bond donors (Lipinski definition) is 2. The first kappa shape index (κ1) is 30.7. The lowest BCUT2D eigenvalue weighted by atomic mass is 9.77. The summed E-state index contributed by atoms with van der Waals surface area (Å²) < 4.78 is 10.8. The minimum Gasteiger partial charge on any atom is -0.456 e. The molecule has 0 spiro atoms. The second-order valence-corrected chi connectivity index (χ2v) is 14.0. The molecule has 8 aromatic carbocycles. The number of nitrogens with zero attached hydrogens (tertiary/aromatic N) is 2. The molecule has 0 fully saturated rings. The number of fused-ring (bicyclic) bond motifs is 9. The number of hydrogen-bond acceptors (Lipinski definition) is 3. The standard InChI is InChI=1S/C48H31BN2O3/c52-49(53)41-15-9-17-47-48(41)40-29-33(21-25-46(40)54-47)32-20-24-45-39(28-32)38-27-31(19-23-44(38)51(45)35-12-5-2-6-13-35)30-18-22-43-37(26-30)36-14-7-8-16-42(36)50(43)34-10-3-1-4-11-34/h1-29,52-53H. The highest BCUT2D eigenvalue weighted by Gasteiger charge is 2.21. The predicted octanol–water partition coefficient (Wildman–Crippen LogP) is 10.8. The van der Waals surface area contributed by atoms with Gasteiger partial charge in [-0.15, -0.1) is 0 Å². The number of para-hydroxylation sites is 3. The third kappa shape index (κ3) is 4.61. The van der Waals surface area contributed by atoms with Crippen molar-refractivity contribution in [2.24, 2.45) is 0 Å². The molecule has 2 N–H and O–H groups in total. The molecule has 3 aromatic heterocycles. The predicted molar refractivity (Wildman–Crippen MR) is 223 cm³/mol. The van der Waals surface area contributed by atoms with E-state index in [1.165, 1.54) is 27.2 Å². The molecule has 11 aromatic rings. The molecule has 5 nitrogen and oxygen atoms in total. The van der Waals surface area contributed by atoms with E-state index in [1.807, 2.05) is 12.1 Å². The van der Waals surface area contributed by atoms with Gasteiger partial charge in [-0.2, -0.15) is 0 Å². The van der Waals surface area contributed by atoms with Gasteiger partial charge in [-0.25, -0.2) is 0 Å². The van der Waals surface area contributed by atoms with E-state index in [2.05, 4.69) is 161 Å². The molecule has 11 rings (SSSR count). The summed E-state index contributed by atoms with van der Waals surface area (Å²) >= 11 is 0. The third-order valence-electron chi connectivity index (χ3n) is 10.9. The maximum Gasteiger partial charge on any atom is 0.489 e. The van der Waals surface area contributed by atoms with Crippen LogP contribution in [0.5, 0.6) is 0 Å². The van der Waals surface area contributed by atoms with Crippen molar-refractivity contribution in [2.45, 2.75) is 0 Å². The van der Waals surface area contributed by atoms with Crippen molar-refractivity contribution < 1.29 is 14.5 Å². The molecule has 0 aliphatic rings. The lowest BCUT2D eigenvalue weighted by Gasteiger charge is -2.09. The van der Waals surface area contributed by atoms with Crippen molar-refractivity contribution in [1.29, 1.82) is 0 Å². The van der Waals surface area contributed by atoms with Gasteiger partial charge in [-0.1, -0.05) is 91.0 Å². The summed E-state index contributed by atoms with van der Waals surface area (Å²) in [6.45, 7) is 0. The summed E-state index contributed by atoms with van der Waals surface area (Å²) in [6.07, 6.45) is 0. The third-order valence-corrected chi connectivity index (χ3v) is 10.9. The van der Waals surface area contributed by atoms with E-state index in [9.17, 15) is 10.0 Å². The smallest absolute Gasteiger partial charge is 0.456 e. The Bertz CT molecular complexity index is 3250. The first-order chi connectivity index (χ1) is 26.6. The molecule has 0 saturated heterocycles. The van der Waals surface area contributed by atoms with Crippen LogP contribution in [0.1, 0.15) is 0 Å². The molecule has 254 valence electrons. The van der Waals surface area contributed by atoms with Crippen molar-refractivity contribution in [3.8, 4) is 33.6 Å². The van der Waals surface area contributed by atoms with Gasteiger partial charge in [0.15, 0.2) is 0 Å². The fraction of sp³-hybridized carbons (Fsp3) is 0. The van der Waals surface area contributed by atoms with E-state index in [0.29, 0.717) is 16.6 Å². The quantitative estimate of drug-likeness (QED) is 0.176. The highest BCUT2D eigenvalue weighted by atomic mass is 16.4. The molecular formula is C48H31BN2O3. The Morgan fingerprint density at radius 3 is 1.39 bits per heavy atom. The lowest BCUT2D eigenvalue weighted by Crippen LogP contribution is -2.30. The average Bonchev–Trinajstić information content (AvgIpc) is 3.88. The van der Waals surface area contributed by atoms with Crippen molar-refractivity contribution >= 4 is 78.1 Å². The van der Waals surface area contributed by atoms with Crippen LogP contribution in [0.25, 0.3) is 99.2 Å². The molecule has 0 bridgehead atoms. The van der Waals surface area contributed by atoms with Gasteiger partial charge in [0.1, 0.15) is 11.2 Å². The fourth-order valence-electron chi connectivity index (χ4n) is 8.49. The van der Waals surface area contributed by atoms with Gasteiger partial charge in [0.05, 0.1) is 22.1 Å². The lowest BCUT2D eigenvalue weighted by molar-refractivity contribution is 0.426. The molecular weight excluding hydrogens is 663 g/mol. The van der Waals surface area contributed by atoms with Crippen molar-refractivity contribution in [1.82, 2.24) is 9.13 Å². The van der Waals surface area contributed by atoms with Gasteiger partial charge >= 0.3 is 7.12 Å². The normalized spacial score (nSPS) is 11.9. The Morgan fingerprint density at radius 1 is 0.370 bits per heavy atom. The highest BCUT2D eigenvalue weighted by molar-refractivity contribution is 6.62.